The van der Waals surface area contributed by atoms with E-state index in [-0.39, 0.29) is 24.9 Å². The monoisotopic (exact) mass is 407 g/mol. The van der Waals surface area contributed by atoms with Crippen LogP contribution in [0.4, 0.5) is 5.69 Å². The number of rotatable bonds is 7. The maximum atomic E-state index is 12.4. The minimum Gasteiger partial charge on any atom is -0.335 e. The second-order valence-corrected chi connectivity index (χ2v) is 7.37. The van der Waals surface area contributed by atoms with Gasteiger partial charge in [-0.2, -0.15) is 0 Å². The van der Waals surface area contributed by atoms with Crippen LogP contribution in [0.1, 0.15) is 11.1 Å². The average molecular weight is 408 g/mol. The minimum absolute atomic E-state index is 0.0846. The van der Waals surface area contributed by atoms with Gasteiger partial charge in [0, 0.05) is 13.6 Å². The lowest BCUT2D eigenvalue weighted by Crippen LogP contribution is -2.40. The van der Waals surface area contributed by atoms with Crippen LogP contribution < -0.4 is 5.32 Å². The summed E-state index contributed by atoms with van der Waals surface area (Å²) in [7, 11) is 3.46. The topological polar surface area (TPSA) is 52.7 Å². The van der Waals surface area contributed by atoms with E-state index in [2.05, 4.69) is 5.32 Å². The number of nitrogens with zero attached hydrogens (tertiary/aromatic N) is 2. The van der Waals surface area contributed by atoms with Crippen LogP contribution in [0.5, 0.6) is 0 Å². The standard InChI is InChI=1S/C20H23Cl2N3O2/c1-14-7-9-15(10-8-14)11-24(2)13-19(27)25(3)12-18(26)23-20-16(21)5-4-6-17(20)22/h4-10H,11-13H2,1-3H3,(H,23,26). The summed E-state index contributed by atoms with van der Waals surface area (Å²) in [4.78, 5) is 27.9. The van der Waals surface area contributed by atoms with Crippen molar-refractivity contribution in [3.63, 3.8) is 0 Å². The zero-order chi connectivity index (χ0) is 20.0. The average Bonchev–Trinajstić information content (AvgIpc) is 2.60. The van der Waals surface area contributed by atoms with Crippen LogP contribution in [0, 0.1) is 6.92 Å². The van der Waals surface area contributed by atoms with E-state index in [1.54, 1.807) is 25.2 Å². The number of likely N-dealkylation sites (N-methyl/N-ethyl adjacent to an activating group) is 2. The number of nitrogens with one attached hydrogen (secondary N) is 1. The van der Waals surface area contributed by atoms with Gasteiger partial charge >= 0.3 is 0 Å². The van der Waals surface area contributed by atoms with E-state index >= 15 is 0 Å². The number of carbonyl (C=O) groups excluding carboxylic acids is 2. The molecule has 2 aromatic rings. The second-order valence-electron chi connectivity index (χ2n) is 6.55. The molecule has 5 nitrogen and oxygen atoms in total. The minimum atomic E-state index is -0.359. The molecular formula is C20H23Cl2N3O2. The van der Waals surface area contributed by atoms with Gasteiger partial charge in [0.1, 0.15) is 0 Å². The van der Waals surface area contributed by atoms with Crippen LogP contribution in [-0.2, 0) is 16.1 Å². The molecule has 7 heteroatoms. The van der Waals surface area contributed by atoms with Gasteiger partial charge in [-0.3, -0.25) is 14.5 Å². The molecule has 0 aliphatic rings. The molecular weight excluding hydrogens is 385 g/mol. The Hall–Kier alpha value is -2.08. The zero-order valence-electron chi connectivity index (χ0n) is 15.6. The van der Waals surface area contributed by atoms with Gasteiger partial charge in [0.05, 0.1) is 28.8 Å². The maximum Gasteiger partial charge on any atom is 0.244 e. The summed E-state index contributed by atoms with van der Waals surface area (Å²) < 4.78 is 0. The molecule has 2 rings (SSSR count). The van der Waals surface area contributed by atoms with Gasteiger partial charge in [0.15, 0.2) is 0 Å². The fourth-order valence-corrected chi connectivity index (χ4v) is 3.00. The van der Waals surface area contributed by atoms with E-state index in [0.29, 0.717) is 22.3 Å². The summed E-state index contributed by atoms with van der Waals surface area (Å²) in [6.45, 7) is 2.82. The van der Waals surface area contributed by atoms with E-state index in [9.17, 15) is 9.59 Å². The largest absolute Gasteiger partial charge is 0.335 e. The third-order valence-electron chi connectivity index (χ3n) is 4.01. The van der Waals surface area contributed by atoms with Crippen molar-refractivity contribution in [2.45, 2.75) is 13.5 Å². The van der Waals surface area contributed by atoms with Gasteiger partial charge in [-0.15, -0.1) is 0 Å². The van der Waals surface area contributed by atoms with Crippen molar-refractivity contribution in [2.75, 3.05) is 32.5 Å². The van der Waals surface area contributed by atoms with Crippen LogP contribution in [-0.4, -0.2) is 48.8 Å². The van der Waals surface area contributed by atoms with Crippen LogP contribution in [0.15, 0.2) is 42.5 Å². The lowest BCUT2D eigenvalue weighted by atomic mass is 10.1. The first-order chi connectivity index (χ1) is 12.8. The predicted molar refractivity (Wildman–Crippen MR) is 110 cm³/mol. The third-order valence-corrected chi connectivity index (χ3v) is 4.64. The predicted octanol–water partition coefficient (Wildman–Crippen LogP) is 3.83. The quantitative estimate of drug-likeness (QED) is 0.758. The highest BCUT2D eigenvalue weighted by molar-refractivity contribution is 6.39. The first-order valence-corrected chi connectivity index (χ1v) is 9.23. The van der Waals surface area contributed by atoms with Gasteiger partial charge in [0.2, 0.25) is 11.8 Å². The van der Waals surface area contributed by atoms with Crippen LogP contribution >= 0.6 is 23.2 Å². The third kappa shape index (κ3) is 6.54. The number of benzene rings is 2. The lowest BCUT2D eigenvalue weighted by molar-refractivity contribution is -0.134. The Kier molecular flexibility index (Phi) is 7.66. The summed E-state index contributed by atoms with van der Waals surface area (Å²) in [5, 5.41) is 3.35. The molecule has 0 bridgehead atoms. The fraction of sp³-hybridized carbons (Fsp3) is 0.300. The second kappa shape index (κ2) is 9.74. The lowest BCUT2D eigenvalue weighted by Gasteiger charge is -2.22. The molecule has 0 radical (unpaired) electrons. The molecule has 0 aliphatic carbocycles. The maximum absolute atomic E-state index is 12.4. The molecule has 27 heavy (non-hydrogen) atoms. The Balaban J connectivity index is 1.85. The number of halogens is 2. The molecule has 0 saturated carbocycles. The van der Waals surface area contributed by atoms with Crippen LogP contribution in [0.3, 0.4) is 0 Å². The van der Waals surface area contributed by atoms with Gasteiger partial charge in [-0.25, -0.2) is 0 Å². The smallest absolute Gasteiger partial charge is 0.244 e. The molecule has 0 unspecified atom stereocenters. The van der Waals surface area contributed by atoms with E-state index in [1.807, 2.05) is 43.1 Å². The van der Waals surface area contributed by atoms with Gasteiger partial charge < -0.3 is 10.2 Å². The van der Waals surface area contributed by atoms with Gasteiger partial charge in [-0.05, 0) is 31.7 Å². The Labute approximate surface area is 169 Å². The number of amides is 2. The molecule has 2 amide bonds. The highest BCUT2D eigenvalue weighted by atomic mass is 35.5. The Bertz CT molecular complexity index is 789. The fourth-order valence-electron chi connectivity index (χ4n) is 2.51. The van der Waals surface area contributed by atoms with Crippen molar-refractivity contribution in [3.8, 4) is 0 Å². The molecule has 0 heterocycles. The van der Waals surface area contributed by atoms with Gasteiger partial charge in [0.25, 0.3) is 0 Å². The van der Waals surface area contributed by atoms with Crippen molar-refractivity contribution in [2.24, 2.45) is 0 Å². The van der Waals surface area contributed by atoms with Crippen LogP contribution in [0.25, 0.3) is 0 Å². The highest BCUT2D eigenvalue weighted by Gasteiger charge is 2.16. The molecule has 0 fully saturated rings. The molecule has 0 saturated heterocycles. The Morgan fingerprint density at radius 3 is 2.15 bits per heavy atom. The first kappa shape index (κ1) is 21.2. The number of hydrogen-bond donors (Lipinski definition) is 1. The normalized spacial score (nSPS) is 10.7. The molecule has 2 aromatic carbocycles. The summed E-state index contributed by atoms with van der Waals surface area (Å²) in [6, 6.07) is 13.1. The SMILES string of the molecule is Cc1ccc(CN(C)CC(=O)N(C)CC(=O)Nc2c(Cl)cccc2Cl)cc1. The van der Waals surface area contributed by atoms with Crippen molar-refractivity contribution >= 4 is 40.7 Å². The summed E-state index contributed by atoms with van der Waals surface area (Å²) >= 11 is 12.1. The number of carbonyl (C=O) groups is 2. The molecule has 0 aliphatic heterocycles. The van der Waals surface area contributed by atoms with E-state index in [4.69, 9.17) is 23.2 Å². The number of para-hydroxylation sites is 1. The molecule has 1 N–H and O–H groups in total. The summed E-state index contributed by atoms with van der Waals surface area (Å²) in [6.07, 6.45) is 0. The Morgan fingerprint density at radius 1 is 0.963 bits per heavy atom. The highest BCUT2D eigenvalue weighted by Crippen LogP contribution is 2.29. The van der Waals surface area contributed by atoms with E-state index < -0.39 is 0 Å². The first-order valence-electron chi connectivity index (χ1n) is 8.48. The summed E-state index contributed by atoms with van der Waals surface area (Å²) in [5.41, 5.74) is 2.68. The van der Waals surface area contributed by atoms with E-state index in [1.165, 1.54) is 10.5 Å². The van der Waals surface area contributed by atoms with Crippen molar-refractivity contribution in [1.82, 2.24) is 9.80 Å². The van der Waals surface area contributed by atoms with E-state index in [0.717, 1.165) is 5.56 Å². The molecule has 0 spiro atoms. The summed E-state index contributed by atoms with van der Waals surface area (Å²) in [5.74, 6) is -0.507. The molecule has 0 atom stereocenters. The number of hydrogen-bond acceptors (Lipinski definition) is 3. The number of aryl methyl sites for hydroxylation is 1. The van der Waals surface area contributed by atoms with Crippen molar-refractivity contribution < 1.29 is 9.59 Å². The van der Waals surface area contributed by atoms with Crippen molar-refractivity contribution in [3.05, 3.63) is 63.6 Å². The van der Waals surface area contributed by atoms with Gasteiger partial charge in [-0.1, -0.05) is 59.1 Å². The zero-order valence-corrected chi connectivity index (χ0v) is 17.1. The van der Waals surface area contributed by atoms with Crippen molar-refractivity contribution in [1.29, 1.82) is 0 Å². The Morgan fingerprint density at radius 2 is 1.56 bits per heavy atom. The van der Waals surface area contributed by atoms with Crippen LogP contribution in [0.2, 0.25) is 10.0 Å². The molecule has 144 valence electrons. The number of anilines is 1. The molecule has 0 aromatic heterocycles.